The largest absolute Gasteiger partial charge is 0.407 e. The van der Waals surface area contributed by atoms with E-state index in [0.29, 0.717) is 18.5 Å². The van der Waals surface area contributed by atoms with E-state index in [4.69, 9.17) is 16.0 Å². The zero-order valence-corrected chi connectivity index (χ0v) is 12.4. The van der Waals surface area contributed by atoms with Gasteiger partial charge >= 0.3 is 6.01 Å². The van der Waals surface area contributed by atoms with Crippen molar-refractivity contribution in [3.8, 4) is 0 Å². The number of halogens is 1. The third-order valence-electron chi connectivity index (χ3n) is 2.88. The predicted molar refractivity (Wildman–Crippen MR) is 79.8 cm³/mol. The van der Waals surface area contributed by atoms with Crippen molar-refractivity contribution < 1.29 is 4.42 Å². The Morgan fingerprint density at radius 2 is 2.00 bits per heavy atom. The summed E-state index contributed by atoms with van der Waals surface area (Å²) in [5.74, 6) is 0.587. The molecule has 108 valence electrons. The topological polar surface area (TPSA) is 63.0 Å². The molecule has 2 rings (SSSR count). The molecule has 5 nitrogen and oxygen atoms in total. The average molecular weight is 295 g/mol. The van der Waals surface area contributed by atoms with E-state index >= 15 is 0 Å². The van der Waals surface area contributed by atoms with Gasteiger partial charge in [-0.25, -0.2) is 0 Å². The SMILES string of the molecule is CCCNCc1nnc(NC(C)c2ccc(Cl)cc2)o1. The first-order valence-electron chi connectivity index (χ1n) is 6.74. The average Bonchev–Trinajstić information content (AvgIpc) is 2.87. The van der Waals surface area contributed by atoms with Crippen LogP contribution >= 0.6 is 11.6 Å². The minimum atomic E-state index is 0.0733. The molecule has 0 aliphatic heterocycles. The number of aromatic nitrogens is 2. The molecule has 20 heavy (non-hydrogen) atoms. The maximum absolute atomic E-state index is 5.87. The molecule has 2 N–H and O–H groups in total. The van der Waals surface area contributed by atoms with E-state index in [2.05, 4.69) is 27.8 Å². The second-order valence-corrected chi connectivity index (χ2v) is 5.03. The maximum Gasteiger partial charge on any atom is 0.315 e. The highest BCUT2D eigenvalue weighted by molar-refractivity contribution is 6.30. The summed E-state index contributed by atoms with van der Waals surface area (Å²) in [7, 11) is 0. The highest BCUT2D eigenvalue weighted by Gasteiger charge is 2.10. The lowest BCUT2D eigenvalue weighted by atomic mass is 10.1. The second kappa shape index (κ2) is 7.26. The van der Waals surface area contributed by atoms with Crippen LogP contribution in [-0.2, 0) is 6.54 Å². The van der Waals surface area contributed by atoms with Gasteiger partial charge in [0.1, 0.15) is 0 Å². The molecule has 2 aromatic rings. The summed E-state index contributed by atoms with van der Waals surface area (Å²) in [6, 6.07) is 8.18. The Bertz CT molecular complexity index is 526. The minimum absolute atomic E-state index is 0.0733. The number of hydrogen-bond donors (Lipinski definition) is 2. The normalized spacial score (nSPS) is 12.3. The summed E-state index contributed by atoms with van der Waals surface area (Å²) in [5.41, 5.74) is 1.11. The van der Waals surface area contributed by atoms with Crippen LogP contribution in [0.2, 0.25) is 5.02 Å². The molecule has 1 unspecified atom stereocenters. The number of nitrogens with zero attached hydrogens (tertiary/aromatic N) is 2. The highest BCUT2D eigenvalue weighted by atomic mass is 35.5. The van der Waals surface area contributed by atoms with Gasteiger partial charge in [-0.3, -0.25) is 0 Å². The number of benzene rings is 1. The van der Waals surface area contributed by atoms with Crippen molar-refractivity contribution in [2.45, 2.75) is 32.9 Å². The summed E-state index contributed by atoms with van der Waals surface area (Å²) in [5, 5.41) is 15.1. The van der Waals surface area contributed by atoms with Gasteiger partial charge in [-0.1, -0.05) is 35.8 Å². The van der Waals surface area contributed by atoms with Gasteiger partial charge in [-0.05, 0) is 37.6 Å². The molecule has 0 radical (unpaired) electrons. The molecule has 0 bridgehead atoms. The number of hydrogen-bond acceptors (Lipinski definition) is 5. The van der Waals surface area contributed by atoms with Crippen LogP contribution in [0.1, 0.15) is 37.8 Å². The molecule has 0 amide bonds. The van der Waals surface area contributed by atoms with Crippen molar-refractivity contribution in [1.82, 2.24) is 15.5 Å². The van der Waals surface area contributed by atoms with Crippen LogP contribution in [0.15, 0.2) is 28.7 Å². The second-order valence-electron chi connectivity index (χ2n) is 4.60. The first-order chi connectivity index (χ1) is 9.69. The van der Waals surface area contributed by atoms with Crippen LogP contribution in [0.3, 0.4) is 0 Å². The van der Waals surface area contributed by atoms with Crippen LogP contribution in [-0.4, -0.2) is 16.7 Å². The molecule has 1 atom stereocenters. The highest BCUT2D eigenvalue weighted by Crippen LogP contribution is 2.20. The Kier molecular flexibility index (Phi) is 5.38. The molecule has 1 aromatic carbocycles. The lowest BCUT2D eigenvalue weighted by Crippen LogP contribution is -2.13. The van der Waals surface area contributed by atoms with Crippen LogP contribution in [0, 0.1) is 0 Å². The van der Waals surface area contributed by atoms with E-state index in [1.807, 2.05) is 31.2 Å². The third kappa shape index (κ3) is 4.21. The van der Waals surface area contributed by atoms with Gasteiger partial charge in [0.05, 0.1) is 12.6 Å². The molecule has 0 aliphatic carbocycles. The Morgan fingerprint density at radius 3 is 2.70 bits per heavy atom. The van der Waals surface area contributed by atoms with Gasteiger partial charge < -0.3 is 15.1 Å². The van der Waals surface area contributed by atoms with Crippen molar-refractivity contribution >= 4 is 17.6 Å². The quantitative estimate of drug-likeness (QED) is 0.766. The van der Waals surface area contributed by atoms with E-state index in [9.17, 15) is 0 Å². The minimum Gasteiger partial charge on any atom is -0.407 e. The zero-order chi connectivity index (χ0) is 14.4. The monoisotopic (exact) mass is 294 g/mol. The summed E-state index contributed by atoms with van der Waals surface area (Å²) in [6.07, 6.45) is 1.08. The van der Waals surface area contributed by atoms with Gasteiger partial charge in [0.15, 0.2) is 0 Å². The fourth-order valence-electron chi connectivity index (χ4n) is 1.78. The molecule has 0 aliphatic rings. The van der Waals surface area contributed by atoms with E-state index in [0.717, 1.165) is 23.6 Å². The molecule has 0 saturated heterocycles. The Labute approximate surface area is 123 Å². The van der Waals surface area contributed by atoms with E-state index in [-0.39, 0.29) is 6.04 Å². The maximum atomic E-state index is 5.87. The third-order valence-corrected chi connectivity index (χ3v) is 3.13. The summed E-state index contributed by atoms with van der Waals surface area (Å²) in [6.45, 7) is 5.67. The summed E-state index contributed by atoms with van der Waals surface area (Å²) < 4.78 is 5.52. The van der Waals surface area contributed by atoms with Gasteiger partial charge in [0, 0.05) is 5.02 Å². The van der Waals surface area contributed by atoms with Gasteiger partial charge in [-0.2, -0.15) is 0 Å². The molecule has 1 heterocycles. The fourth-order valence-corrected chi connectivity index (χ4v) is 1.90. The summed E-state index contributed by atoms with van der Waals surface area (Å²) in [4.78, 5) is 0. The van der Waals surface area contributed by atoms with E-state index in [1.54, 1.807) is 0 Å². The van der Waals surface area contributed by atoms with Gasteiger partial charge in [0.25, 0.3) is 0 Å². The number of rotatable bonds is 7. The number of nitrogens with one attached hydrogen (secondary N) is 2. The summed E-state index contributed by atoms with van der Waals surface area (Å²) >= 11 is 5.87. The van der Waals surface area contributed by atoms with Crippen molar-refractivity contribution in [2.24, 2.45) is 0 Å². The molecule has 0 fully saturated rings. The van der Waals surface area contributed by atoms with Gasteiger partial charge in [0.2, 0.25) is 5.89 Å². The number of anilines is 1. The Hall–Kier alpha value is -1.59. The van der Waals surface area contributed by atoms with Crippen molar-refractivity contribution in [3.63, 3.8) is 0 Å². The van der Waals surface area contributed by atoms with Crippen molar-refractivity contribution in [3.05, 3.63) is 40.7 Å². The lowest BCUT2D eigenvalue weighted by molar-refractivity contribution is 0.474. The smallest absolute Gasteiger partial charge is 0.315 e. The van der Waals surface area contributed by atoms with Crippen LogP contribution in [0.25, 0.3) is 0 Å². The first kappa shape index (κ1) is 14.8. The molecule has 0 saturated carbocycles. The Morgan fingerprint density at radius 1 is 1.25 bits per heavy atom. The molecule has 0 spiro atoms. The Balaban J connectivity index is 1.91. The standard InChI is InChI=1S/C14H19ClN4O/c1-3-8-16-9-13-18-19-14(20-13)17-10(2)11-4-6-12(15)7-5-11/h4-7,10,16H,3,8-9H2,1-2H3,(H,17,19). The van der Waals surface area contributed by atoms with Crippen molar-refractivity contribution in [2.75, 3.05) is 11.9 Å². The van der Waals surface area contributed by atoms with Crippen LogP contribution in [0.4, 0.5) is 6.01 Å². The first-order valence-corrected chi connectivity index (χ1v) is 7.12. The molecular weight excluding hydrogens is 276 g/mol. The fraction of sp³-hybridized carbons (Fsp3) is 0.429. The van der Waals surface area contributed by atoms with Gasteiger partial charge in [-0.15, -0.1) is 5.10 Å². The lowest BCUT2D eigenvalue weighted by Gasteiger charge is -2.11. The van der Waals surface area contributed by atoms with Crippen LogP contribution < -0.4 is 10.6 Å². The van der Waals surface area contributed by atoms with E-state index < -0.39 is 0 Å². The van der Waals surface area contributed by atoms with Crippen molar-refractivity contribution in [1.29, 1.82) is 0 Å². The molecule has 6 heteroatoms. The van der Waals surface area contributed by atoms with Crippen LogP contribution in [0.5, 0.6) is 0 Å². The zero-order valence-electron chi connectivity index (χ0n) is 11.7. The van der Waals surface area contributed by atoms with E-state index in [1.165, 1.54) is 0 Å². The molecular formula is C14H19ClN4O. The predicted octanol–water partition coefficient (Wildman–Crippen LogP) is 3.40. The molecule has 1 aromatic heterocycles.